The van der Waals surface area contributed by atoms with Crippen LogP contribution in [0.1, 0.15) is 0 Å². The summed E-state index contributed by atoms with van der Waals surface area (Å²) in [4.78, 5) is 23.2. The summed E-state index contributed by atoms with van der Waals surface area (Å²) in [7, 11) is -3.41. The summed E-state index contributed by atoms with van der Waals surface area (Å²) in [5, 5.41) is 4.53. The Hall–Kier alpha value is -2.46. The smallest absolute Gasteiger partial charge is 0.234 e. The molecule has 2 aromatic heterocycles. The molecule has 0 aliphatic heterocycles. The number of carbonyl (C=O) groups excluding carboxylic acids is 1. The van der Waals surface area contributed by atoms with Crippen LogP contribution in [0.25, 0.3) is 20.7 Å². The zero-order chi connectivity index (χ0) is 22.0. The maximum Gasteiger partial charge on any atom is 0.234 e. The fourth-order valence-electron chi connectivity index (χ4n) is 2.84. The Kier molecular flexibility index (Phi) is 6.29. The van der Waals surface area contributed by atoms with E-state index in [0.29, 0.717) is 5.03 Å². The van der Waals surface area contributed by atoms with E-state index in [1.54, 1.807) is 11.3 Å². The lowest BCUT2D eigenvalue weighted by molar-refractivity contribution is -0.113. The summed E-state index contributed by atoms with van der Waals surface area (Å²) >= 11 is 8.96. The van der Waals surface area contributed by atoms with Gasteiger partial charge >= 0.3 is 0 Å². The highest BCUT2D eigenvalue weighted by atomic mass is 35.5. The van der Waals surface area contributed by atoms with Crippen molar-refractivity contribution in [3.63, 3.8) is 0 Å². The Morgan fingerprint density at radius 3 is 2.65 bits per heavy atom. The van der Waals surface area contributed by atoms with E-state index in [9.17, 15) is 13.2 Å². The zero-order valence-corrected chi connectivity index (χ0v) is 19.4. The van der Waals surface area contributed by atoms with Crippen LogP contribution in [0.2, 0.25) is 5.02 Å². The predicted molar refractivity (Wildman–Crippen MR) is 127 cm³/mol. The maximum atomic E-state index is 12.5. The molecular weight excluding hydrogens is 474 g/mol. The van der Waals surface area contributed by atoms with Gasteiger partial charge < -0.3 is 5.32 Å². The number of carbonyl (C=O) groups is 1. The Labute approximate surface area is 192 Å². The highest BCUT2D eigenvalue weighted by Crippen LogP contribution is 2.36. The van der Waals surface area contributed by atoms with Gasteiger partial charge in [0.1, 0.15) is 16.2 Å². The first-order chi connectivity index (χ1) is 14.8. The van der Waals surface area contributed by atoms with Crippen LogP contribution in [0.4, 0.5) is 5.69 Å². The average Bonchev–Trinajstić information content (AvgIpc) is 3.18. The van der Waals surface area contributed by atoms with Crippen molar-refractivity contribution < 1.29 is 13.2 Å². The van der Waals surface area contributed by atoms with E-state index in [4.69, 9.17) is 11.6 Å². The third kappa shape index (κ3) is 5.07. The summed E-state index contributed by atoms with van der Waals surface area (Å²) in [6.07, 6.45) is 2.59. The minimum Gasteiger partial charge on any atom is -0.324 e. The fraction of sp³-hybridized carbons (Fsp3) is 0.0952. The normalized spacial score (nSPS) is 11.5. The number of nitrogens with one attached hydrogen (secondary N) is 1. The largest absolute Gasteiger partial charge is 0.324 e. The molecule has 10 heteroatoms. The predicted octanol–water partition coefficient (Wildman–Crippen LogP) is 5.15. The molecule has 31 heavy (non-hydrogen) atoms. The van der Waals surface area contributed by atoms with E-state index in [0.717, 1.165) is 26.9 Å². The fourth-order valence-corrected chi connectivity index (χ4v) is 5.50. The molecule has 0 radical (unpaired) electrons. The van der Waals surface area contributed by atoms with Gasteiger partial charge in [-0.1, -0.05) is 53.7 Å². The van der Waals surface area contributed by atoms with Gasteiger partial charge in [-0.05, 0) is 29.8 Å². The summed E-state index contributed by atoms with van der Waals surface area (Å²) < 4.78 is 23.5. The zero-order valence-electron chi connectivity index (χ0n) is 16.2. The van der Waals surface area contributed by atoms with Gasteiger partial charge in [-0.3, -0.25) is 4.79 Å². The Balaban J connectivity index is 1.51. The molecule has 2 heterocycles. The van der Waals surface area contributed by atoms with Gasteiger partial charge in [0.25, 0.3) is 0 Å². The van der Waals surface area contributed by atoms with E-state index >= 15 is 0 Å². The molecule has 0 spiro atoms. The average molecular weight is 490 g/mol. The maximum absolute atomic E-state index is 12.5. The van der Waals surface area contributed by atoms with Gasteiger partial charge in [0, 0.05) is 16.5 Å². The summed E-state index contributed by atoms with van der Waals surface area (Å²) in [5.74, 6) is -0.231. The molecule has 0 aliphatic carbocycles. The summed E-state index contributed by atoms with van der Waals surface area (Å²) in [5.41, 5.74) is 1.35. The molecule has 0 saturated carbocycles. The van der Waals surface area contributed by atoms with Gasteiger partial charge in [0.15, 0.2) is 9.84 Å². The molecule has 1 amide bonds. The SMILES string of the molecule is CS(=O)(=O)c1ccc(Cl)c(NC(=O)CSc2ncnc3sc(-c4ccccc4)cc23)c1. The number of rotatable bonds is 6. The first-order valence-electron chi connectivity index (χ1n) is 9.03. The molecule has 6 nitrogen and oxygen atoms in total. The van der Waals surface area contributed by atoms with Gasteiger partial charge in [0.2, 0.25) is 5.91 Å². The number of anilines is 1. The molecule has 0 bridgehead atoms. The summed E-state index contributed by atoms with van der Waals surface area (Å²) in [6, 6.07) is 16.2. The van der Waals surface area contributed by atoms with Crippen molar-refractivity contribution in [2.45, 2.75) is 9.92 Å². The topological polar surface area (TPSA) is 89.0 Å². The van der Waals surface area contributed by atoms with Gasteiger partial charge in [-0.15, -0.1) is 11.3 Å². The highest BCUT2D eigenvalue weighted by molar-refractivity contribution is 8.00. The van der Waals surface area contributed by atoms with Crippen LogP contribution in [-0.4, -0.2) is 36.3 Å². The van der Waals surface area contributed by atoms with Crippen molar-refractivity contribution in [3.8, 4) is 10.4 Å². The monoisotopic (exact) mass is 489 g/mol. The van der Waals surface area contributed by atoms with Crippen LogP contribution in [-0.2, 0) is 14.6 Å². The van der Waals surface area contributed by atoms with Crippen LogP contribution in [0, 0.1) is 0 Å². The molecular formula is C21H16ClN3O3S3. The van der Waals surface area contributed by atoms with Crippen molar-refractivity contribution in [2.75, 3.05) is 17.3 Å². The van der Waals surface area contributed by atoms with Crippen LogP contribution in [0.15, 0.2) is 70.8 Å². The highest BCUT2D eigenvalue weighted by Gasteiger charge is 2.15. The number of hydrogen-bond donors (Lipinski definition) is 1. The quantitative estimate of drug-likeness (QED) is 0.298. The molecule has 4 rings (SSSR count). The number of halogens is 1. The minimum absolute atomic E-state index is 0.0854. The van der Waals surface area contributed by atoms with Crippen molar-refractivity contribution in [1.82, 2.24) is 9.97 Å². The molecule has 0 fully saturated rings. The van der Waals surface area contributed by atoms with E-state index in [1.807, 2.05) is 36.4 Å². The Morgan fingerprint density at radius 1 is 1.13 bits per heavy atom. The van der Waals surface area contributed by atoms with Gasteiger partial charge in [0.05, 0.1) is 21.4 Å². The van der Waals surface area contributed by atoms with Crippen LogP contribution < -0.4 is 5.32 Å². The lowest BCUT2D eigenvalue weighted by atomic mass is 10.2. The Bertz CT molecular complexity index is 1370. The van der Waals surface area contributed by atoms with Crippen molar-refractivity contribution >= 4 is 66.3 Å². The number of aromatic nitrogens is 2. The van der Waals surface area contributed by atoms with Crippen LogP contribution >= 0.6 is 34.7 Å². The molecule has 0 unspecified atom stereocenters. The number of nitrogens with zero attached hydrogens (tertiary/aromatic N) is 2. The number of benzene rings is 2. The molecule has 2 aromatic carbocycles. The van der Waals surface area contributed by atoms with Crippen LogP contribution in [0.5, 0.6) is 0 Å². The van der Waals surface area contributed by atoms with Crippen LogP contribution in [0.3, 0.4) is 0 Å². The van der Waals surface area contributed by atoms with Gasteiger partial charge in [-0.2, -0.15) is 0 Å². The molecule has 0 aliphatic rings. The second kappa shape index (κ2) is 8.96. The molecule has 4 aromatic rings. The lowest BCUT2D eigenvalue weighted by Crippen LogP contribution is -2.15. The molecule has 1 N–H and O–H groups in total. The van der Waals surface area contributed by atoms with Crippen molar-refractivity contribution in [3.05, 3.63) is 65.9 Å². The van der Waals surface area contributed by atoms with E-state index in [2.05, 4.69) is 15.3 Å². The first-order valence-corrected chi connectivity index (χ1v) is 13.1. The number of hydrogen-bond acceptors (Lipinski definition) is 7. The van der Waals surface area contributed by atoms with E-state index in [-0.39, 0.29) is 27.3 Å². The second-order valence-electron chi connectivity index (χ2n) is 6.62. The van der Waals surface area contributed by atoms with E-state index in [1.165, 1.54) is 36.3 Å². The standard InChI is InChI=1S/C21H16ClN3O3S3/c1-31(27,28)14-7-8-16(22)17(9-14)25-19(26)11-29-20-15-10-18(13-5-3-2-4-6-13)30-21(15)24-12-23-20/h2-10,12H,11H2,1H3,(H,25,26). The number of thiophene rings is 1. The summed E-state index contributed by atoms with van der Waals surface area (Å²) in [6.45, 7) is 0. The number of fused-ring (bicyclic) bond motifs is 1. The number of thioether (sulfide) groups is 1. The molecule has 0 saturated heterocycles. The number of sulfone groups is 1. The lowest BCUT2D eigenvalue weighted by Gasteiger charge is -2.09. The van der Waals surface area contributed by atoms with E-state index < -0.39 is 9.84 Å². The Morgan fingerprint density at radius 2 is 1.90 bits per heavy atom. The van der Waals surface area contributed by atoms with Crippen molar-refractivity contribution in [1.29, 1.82) is 0 Å². The first kappa shape index (κ1) is 21.8. The van der Waals surface area contributed by atoms with Crippen molar-refractivity contribution in [2.24, 2.45) is 0 Å². The molecule has 0 atom stereocenters. The second-order valence-corrected chi connectivity index (χ2v) is 11.0. The molecule has 158 valence electrons. The third-order valence-electron chi connectivity index (χ3n) is 4.33. The minimum atomic E-state index is -3.41. The third-order valence-corrected chi connectivity index (χ3v) is 7.87. The number of amides is 1. The van der Waals surface area contributed by atoms with Gasteiger partial charge in [-0.25, -0.2) is 18.4 Å².